The van der Waals surface area contributed by atoms with E-state index in [-0.39, 0.29) is 12.5 Å². The van der Waals surface area contributed by atoms with Crippen LogP contribution in [0.1, 0.15) is 43.2 Å². The van der Waals surface area contributed by atoms with Gasteiger partial charge in [-0.15, -0.1) is 0 Å². The van der Waals surface area contributed by atoms with Crippen molar-refractivity contribution in [3.05, 3.63) is 29.3 Å². The molecule has 1 aromatic rings. The lowest BCUT2D eigenvalue weighted by Gasteiger charge is -2.26. The van der Waals surface area contributed by atoms with Crippen molar-refractivity contribution >= 4 is 17.5 Å². The van der Waals surface area contributed by atoms with E-state index in [1.54, 1.807) is 6.07 Å². The average Bonchev–Trinajstić information content (AvgIpc) is 2.57. The van der Waals surface area contributed by atoms with E-state index < -0.39 is 17.9 Å². The molecule has 0 saturated heterocycles. The molecule has 0 bridgehead atoms. The van der Waals surface area contributed by atoms with Crippen LogP contribution < -0.4 is 10.6 Å². The molecule has 0 spiro atoms. The van der Waals surface area contributed by atoms with Crippen LogP contribution in [-0.2, 0) is 9.59 Å². The van der Waals surface area contributed by atoms with Gasteiger partial charge in [0.25, 0.3) is 0 Å². The molecule has 0 aromatic heterocycles. The zero-order valence-electron chi connectivity index (χ0n) is 13.9. The Morgan fingerprint density at radius 1 is 1.17 bits per heavy atom. The fraction of sp³-hybridized carbons (Fsp3) is 0.556. The topological polar surface area (TPSA) is 78.4 Å². The summed E-state index contributed by atoms with van der Waals surface area (Å²) >= 11 is 0. The van der Waals surface area contributed by atoms with Gasteiger partial charge in [-0.05, 0) is 49.8 Å². The van der Waals surface area contributed by atoms with Crippen LogP contribution in [0.15, 0.2) is 18.2 Å². The monoisotopic (exact) mass is 318 g/mol. The molecule has 1 saturated carbocycles. The van der Waals surface area contributed by atoms with Crippen LogP contribution in [0.3, 0.4) is 0 Å². The predicted molar refractivity (Wildman–Crippen MR) is 90.1 cm³/mol. The Labute approximate surface area is 137 Å². The third-order valence-electron chi connectivity index (χ3n) is 4.72. The van der Waals surface area contributed by atoms with Crippen LogP contribution in [0, 0.1) is 19.8 Å². The largest absolute Gasteiger partial charge is 0.391 e. The second kappa shape index (κ2) is 8.11. The first-order valence-corrected chi connectivity index (χ1v) is 8.32. The van der Waals surface area contributed by atoms with E-state index in [4.69, 9.17) is 0 Å². The molecule has 1 aliphatic carbocycles. The van der Waals surface area contributed by atoms with Crippen LogP contribution in [0.25, 0.3) is 0 Å². The lowest BCUT2D eigenvalue weighted by Crippen LogP contribution is -2.42. The minimum atomic E-state index is -0.708. The number of carbonyl (C=O) groups excluding carboxylic acids is 2. The fourth-order valence-corrected chi connectivity index (χ4v) is 3.03. The van der Waals surface area contributed by atoms with Crippen LogP contribution >= 0.6 is 0 Å². The van der Waals surface area contributed by atoms with Gasteiger partial charge in [0.05, 0.1) is 6.10 Å². The highest BCUT2D eigenvalue weighted by Crippen LogP contribution is 2.26. The van der Waals surface area contributed by atoms with Crippen LogP contribution in [0.5, 0.6) is 0 Å². The Bertz CT molecular complexity index is 565. The molecular formula is C18H26N2O3. The molecule has 2 rings (SSSR count). The molecule has 1 unspecified atom stereocenters. The van der Waals surface area contributed by atoms with Gasteiger partial charge in [0.1, 0.15) is 0 Å². The van der Waals surface area contributed by atoms with E-state index in [9.17, 15) is 14.7 Å². The van der Waals surface area contributed by atoms with Gasteiger partial charge in [0.15, 0.2) is 0 Å². The first-order valence-electron chi connectivity index (χ1n) is 8.32. The van der Waals surface area contributed by atoms with E-state index in [0.29, 0.717) is 5.69 Å². The van der Waals surface area contributed by atoms with Crippen molar-refractivity contribution < 1.29 is 14.7 Å². The number of aliphatic hydroxyl groups is 1. The molecule has 1 atom stereocenters. The van der Waals surface area contributed by atoms with Crippen LogP contribution in [0.4, 0.5) is 5.69 Å². The number of carbonyl (C=O) groups is 2. The summed E-state index contributed by atoms with van der Waals surface area (Å²) in [5, 5.41) is 15.3. The van der Waals surface area contributed by atoms with E-state index in [1.165, 1.54) is 6.42 Å². The third kappa shape index (κ3) is 4.79. The van der Waals surface area contributed by atoms with Gasteiger partial charge in [-0.25, -0.2) is 0 Å². The maximum Gasteiger partial charge on any atom is 0.313 e. The molecule has 1 aliphatic rings. The van der Waals surface area contributed by atoms with E-state index in [0.717, 1.165) is 36.8 Å². The number of benzene rings is 1. The van der Waals surface area contributed by atoms with E-state index in [2.05, 4.69) is 10.6 Å². The van der Waals surface area contributed by atoms with Crippen molar-refractivity contribution in [3.8, 4) is 0 Å². The number of anilines is 1. The molecule has 0 radical (unpaired) electrons. The number of rotatable bonds is 4. The molecule has 23 heavy (non-hydrogen) atoms. The summed E-state index contributed by atoms with van der Waals surface area (Å²) in [6.45, 7) is 3.98. The van der Waals surface area contributed by atoms with E-state index >= 15 is 0 Å². The molecule has 126 valence electrons. The van der Waals surface area contributed by atoms with Gasteiger partial charge in [-0.2, -0.15) is 0 Å². The van der Waals surface area contributed by atoms with Crippen molar-refractivity contribution in [1.29, 1.82) is 0 Å². The van der Waals surface area contributed by atoms with Gasteiger partial charge in [0.2, 0.25) is 0 Å². The number of aryl methyl sites for hydroxylation is 1. The van der Waals surface area contributed by atoms with Crippen molar-refractivity contribution in [2.45, 2.75) is 52.1 Å². The summed E-state index contributed by atoms with van der Waals surface area (Å²) in [5.41, 5.74) is 2.63. The zero-order chi connectivity index (χ0) is 16.8. The maximum atomic E-state index is 12.0. The minimum Gasteiger partial charge on any atom is -0.391 e. The van der Waals surface area contributed by atoms with Gasteiger partial charge in [-0.3, -0.25) is 9.59 Å². The number of aliphatic hydroxyl groups excluding tert-OH is 1. The SMILES string of the molecule is Cc1cccc(NC(=O)C(=O)NCC(O)C2CCCCC2)c1C. The molecule has 2 amide bonds. The molecule has 0 heterocycles. The average molecular weight is 318 g/mol. The molecular weight excluding hydrogens is 292 g/mol. The molecule has 5 nitrogen and oxygen atoms in total. The maximum absolute atomic E-state index is 12.0. The number of hydrogen-bond donors (Lipinski definition) is 3. The quantitative estimate of drug-likeness (QED) is 0.745. The number of amides is 2. The summed E-state index contributed by atoms with van der Waals surface area (Å²) in [5.74, 6) is -1.18. The Morgan fingerprint density at radius 2 is 1.87 bits per heavy atom. The Balaban J connectivity index is 1.83. The fourth-order valence-electron chi connectivity index (χ4n) is 3.03. The Hall–Kier alpha value is -1.88. The minimum absolute atomic E-state index is 0.129. The highest BCUT2D eigenvalue weighted by atomic mass is 16.3. The summed E-state index contributed by atoms with van der Waals surface area (Å²) in [6.07, 6.45) is 4.88. The predicted octanol–water partition coefficient (Wildman–Crippen LogP) is 2.30. The molecule has 1 aromatic carbocycles. The van der Waals surface area contributed by atoms with Crippen molar-refractivity contribution in [3.63, 3.8) is 0 Å². The molecule has 1 fully saturated rings. The van der Waals surface area contributed by atoms with E-state index in [1.807, 2.05) is 26.0 Å². The number of hydrogen-bond acceptors (Lipinski definition) is 3. The first kappa shape index (κ1) is 17.5. The van der Waals surface area contributed by atoms with Crippen molar-refractivity contribution in [1.82, 2.24) is 5.32 Å². The Kier molecular flexibility index (Phi) is 6.16. The van der Waals surface area contributed by atoms with Crippen LogP contribution in [-0.4, -0.2) is 29.6 Å². The summed E-state index contributed by atoms with van der Waals surface area (Å²) in [4.78, 5) is 23.9. The molecule has 0 aliphatic heterocycles. The van der Waals surface area contributed by atoms with Crippen molar-refractivity contribution in [2.75, 3.05) is 11.9 Å². The highest BCUT2D eigenvalue weighted by Gasteiger charge is 2.23. The smallest absolute Gasteiger partial charge is 0.313 e. The second-order valence-corrected chi connectivity index (χ2v) is 6.38. The molecule has 3 N–H and O–H groups in total. The highest BCUT2D eigenvalue weighted by molar-refractivity contribution is 6.39. The zero-order valence-corrected chi connectivity index (χ0v) is 13.9. The first-order chi connectivity index (χ1) is 11.0. The normalized spacial score (nSPS) is 16.7. The number of nitrogens with one attached hydrogen (secondary N) is 2. The molecule has 5 heteroatoms. The lowest BCUT2D eigenvalue weighted by atomic mass is 9.85. The van der Waals surface area contributed by atoms with Gasteiger partial charge in [0, 0.05) is 12.2 Å². The van der Waals surface area contributed by atoms with Gasteiger partial charge < -0.3 is 15.7 Å². The van der Waals surface area contributed by atoms with Crippen LogP contribution in [0.2, 0.25) is 0 Å². The Morgan fingerprint density at radius 3 is 2.57 bits per heavy atom. The summed E-state index contributed by atoms with van der Waals surface area (Å²) in [7, 11) is 0. The van der Waals surface area contributed by atoms with Gasteiger partial charge >= 0.3 is 11.8 Å². The van der Waals surface area contributed by atoms with Gasteiger partial charge in [-0.1, -0.05) is 31.4 Å². The summed E-state index contributed by atoms with van der Waals surface area (Å²) in [6, 6.07) is 5.55. The third-order valence-corrected chi connectivity index (χ3v) is 4.72. The standard InChI is InChI=1S/C18H26N2O3/c1-12-7-6-10-15(13(12)2)20-18(23)17(22)19-11-16(21)14-8-4-3-5-9-14/h6-7,10,14,16,21H,3-5,8-9,11H2,1-2H3,(H,19,22)(H,20,23). The summed E-state index contributed by atoms with van der Waals surface area (Å²) < 4.78 is 0. The second-order valence-electron chi connectivity index (χ2n) is 6.38. The van der Waals surface area contributed by atoms with Crippen molar-refractivity contribution in [2.24, 2.45) is 5.92 Å². The lowest BCUT2D eigenvalue weighted by molar-refractivity contribution is -0.136.